The Morgan fingerprint density at radius 2 is 2.00 bits per heavy atom. The predicted octanol–water partition coefficient (Wildman–Crippen LogP) is 1.39. The predicted molar refractivity (Wildman–Crippen MR) is 67.5 cm³/mol. The maximum Gasteiger partial charge on any atom is 0.153 e. The van der Waals surface area contributed by atoms with Crippen LogP contribution in [-0.4, -0.2) is 38.0 Å². The van der Waals surface area contributed by atoms with Gasteiger partial charge in [-0.1, -0.05) is 0 Å². The zero-order valence-corrected chi connectivity index (χ0v) is 11.4. The molecule has 1 aromatic rings. The molecular formula is C10H13BrN2O2S. The molecule has 0 aliphatic carbocycles. The molecule has 1 aliphatic heterocycles. The molecule has 0 bridgehead atoms. The number of hydrogen-bond acceptors (Lipinski definition) is 4. The second-order valence-corrected chi connectivity index (χ2v) is 7.11. The van der Waals surface area contributed by atoms with Gasteiger partial charge in [-0.2, -0.15) is 0 Å². The van der Waals surface area contributed by atoms with Crippen molar-refractivity contribution in [3.05, 3.63) is 22.3 Å². The first-order valence-corrected chi connectivity index (χ1v) is 7.67. The molecule has 0 radical (unpaired) electrons. The van der Waals surface area contributed by atoms with Crippen molar-refractivity contribution in [3.63, 3.8) is 0 Å². The second-order valence-electron chi connectivity index (χ2n) is 3.96. The number of aryl methyl sites for hydroxylation is 1. The van der Waals surface area contributed by atoms with Crippen molar-refractivity contribution >= 4 is 31.6 Å². The zero-order chi connectivity index (χ0) is 11.8. The lowest BCUT2D eigenvalue weighted by atomic mass is 10.3. The van der Waals surface area contributed by atoms with Crippen LogP contribution < -0.4 is 4.90 Å². The largest absolute Gasteiger partial charge is 0.354 e. The van der Waals surface area contributed by atoms with Crippen molar-refractivity contribution in [3.8, 4) is 0 Å². The second kappa shape index (κ2) is 4.33. The summed E-state index contributed by atoms with van der Waals surface area (Å²) in [4.78, 5) is 6.34. The Bertz CT molecular complexity index is 488. The van der Waals surface area contributed by atoms with Crippen LogP contribution in [0.3, 0.4) is 0 Å². The molecule has 0 unspecified atom stereocenters. The lowest BCUT2D eigenvalue weighted by Crippen LogP contribution is -2.40. The van der Waals surface area contributed by atoms with Crippen molar-refractivity contribution in [2.75, 3.05) is 29.5 Å². The van der Waals surface area contributed by atoms with E-state index in [2.05, 4.69) is 20.9 Å². The van der Waals surface area contributed by atoms with E-state index in [1.807, 2.05) is 17.9 Å². The molecule has 0 amide bonds. The van der Waals surface area contributed by atoms with Gasteiger partial charge < -0.3 is 4.90 Å². The maximum absolute atomic E-state index is 11.3. The van der Waals surface area contributed by atoms with Gasteiger partial charge in [-0.3, -0.25) is 0 Å². The molecule has 4 nitrogen and oxygen atoms in total. The molecule has 0 N–H and O–H groups in total. The molecule has 6 heteroatoms. The summed E-state index contributed by atoms with van der Waals surface area (Å²) in [6.07, 6.45) is 1.79. The Labute approximate surface area is 104 Å². The normalized spacial score (nSPS) is 19.8. The highest BCUT2D eigenvalue weighted by Gasteiger charge is 2.23. The molecule has 1 aromatic heterocycles. The molecule has 2 rings (SSSR count). The summed E-state index contributed by atoms with van der Waals surface area (Å²) in [5.74, 6) is 1.27. The van der Waals surface area contributed by atoms with Gasteiger partial charge in [-0.05, 0) is 34.5 Å². The SMILES string of the molecule is Cc1cnc(N2CCS(=O)(=O)CC2)c(Br)c1. The Kier molecular flexibility index (Phi) is 3.21. The zero-order valence-electron chi connectivity index (χ0n) is 8.98. The van der Waals surface area contributed by atoms with Crippen LogP contribution in [0.4, 0.5) is 5.82 Å². The molecule has 0 aromatic carbocycles. The van der Waals surface area contributed by atoms with Crippen LogP contribution >= 0.6 is 15.9 Å². The van der Waals surface area contributed by atoms with E-state index in [0.717, 1.165) is 15.9 Å². The fourth-order valence-corrected chi connectivity index (χ4v) is 3.60. The third-order valence-electron chi connectivity index (χ3n) is 2.60. The Morgan fingerprint density at radius 1 is 1.38 bits per heavy atom. The number of nitrogens with zero attached hydrogens (tertiary/aromatic N) is 2. The van der Waals surface area contributed by atoms with E-state index in [4.69, 9.17) is 0 Å². The van der Waals surface area contributed by atoms with E-state index >= 15 is 0 Å². The molecule has 0 saturated carbocycles. The summed E-state index contributed by atoms with van der Waals surface area (Å²) in [6.45, 7) is 3.02. The molecule has 0 atom stereocenters. The average molecular weight is 305 g/mol. The van der Waals surface area contributed by atoms with Crippen LogP contribution in [0.1, 0.15) is 5.56 Å². The number of anilines is 1. The van der Waals surface area contributed by atoms with Gasteiger partial charge in [-0.15, -0.1) is 0 Å². The molecule has 88 valence electrons. The number of pyridine rings is 1. The monoisotopic (exact) mass is 304 g/mol. The third kappa shape index (κ3) is 2.55. The minimum absolute atomic E-state index is 0.217. The summed E-state index contributed by atoms with van der Waals surface area (Å²) in [7, 11) is -2.83. The van der Waals surface area contributed by atoms with Crippen molar-refractivity contribution in [2.24, 2.45) is 0 Å². The third-order valence-corrected chi connectivity index (χ3v) is 4.80. The van der Waals surface area contributed by atoms with Gasteiger partial charge in [-0.25, -0.2) is 13.4 Å². The fourth-order valence-electron chi connectivity index (χ4n) is 1.68. The Balaban J connectivity index is 2.20. The van der Waals surface area contributed by atoms with Gasteiger partial charge in [0.25, 0.3) is 0 Å². The smallest absolute Gasteiger partial charge is 0.153 e. The van der Waals surface area contributed by atoms with E-state index in [1.165, 1.54) is 0 Å². The Morgan fingerprint density at radius 3 is 2.56 bits per heavy atom. The van der Waals surface area contributed by atoms with Crippen LogP contribution in [0.2, 0.25) is 0 Å². The van der Waals surface area contributed by atoms with Crippen LogP contribution in [0.25, 0.3) is 0 Å². The van der Waals surface area contributed by atoms with E-state index in [0.29, 0.717) is 13.1 Å². The molecule has 1 fully saturated rings. The molecule has 1 aliphatic rings. The van der Waals surface area contributed by atoms with Gasteiger partial charge in [0.2, 0.25) is 0 Å². The lowest BCUT2D eigenvalue weighted by Gasteiger charge is -2.28. The summed E-state index contributed by atoms with van der Waals surface area (Å²) in [5, 5.41) is 0. The lowest BCUT2D eigenvalue weighted by molar-refractivity contribution is 0.586. The van der Waals surface area contributed by atoms with Gasteiger partial charge in [0.1, 0.15) is 5.82 Å². The van der Waals surface area contributed by atoms with Gasteiger partial charge in [0.15, 0.2) is 9.84 Å². The standard InChI is InChI=1S/C10H13BrN2O2S/c1-8-6-9(11)10(12-7-8)13-2-4-16(14,15)5-3-13/h6-7H,2-5H2,1H3. The van der Waals surface area contributed by atoms with Crippen LogP contribution in [0, 0.1) is 6.92 Å². The van der Waals surface area contributed by atoms with Crippen molar-refractivity contribution < 1.29 is 8.42 Å². The molecule has 2 heterocycles. The average Bonchev–Trinajstić information content (AvgIpc) is 2.19. The highest BCUT2D eigenvalue weighted by Crippen LogP contribution is 2.25. The van der Waals surface area contributed by atoms with E-state index < -0.39 is 9.84 Å². The van der Waals surface area contributed by atoms with Crippen molar-refractivity contribution in [1.29, 1.82) is 0 Å². The van der Waals surface area contributed by atoms with Gasteiger partial charge in [0.05, 0.1) is 16.0 Å². The number of rotatable bonds is 1. The van der Waals surface area contributed by atoms with Gasteiger partial charge in [0, 0.05) is 19.3 Å². The van der Waals surface area contributed by atoms with Gasteiger partial charge >= 0.3 is 0 Å². The van der Waals surface area contributed by atoms with E-state index in [1.54, 1.807) is 6.20 Å². The minimum Gasteiger partial charge on any atom is -0.354 e. The fraction of sp³-hybridized carbons (Fsp3) is 0.500. The number of aromatic nitrogens is 1. The highest BCUT2D eigenvalue weighted by atomic mass is 79.9. The topological polar surface area (TPSA) is 50.3 Å². The number of hydrogen-bond donors (Lipinski definition) is 0. The minimum atomic E-state index is -2.83. The van der Waals surface area contributed by atoms with Crippen molar-refractivity contribution in [2.45, 2.75) is 6.92 Å². The molecule has 1 saturated heterocycles. The van der Waals surface area contributed by atoms with Crippen molar-refractivity contribution in [1.82, 2.24) is 4.98 Å². The van der Waals surface area contributed by atoms with E-state index in [-0.39, 0.29) is 11.5 Å². The maximum atomic E-state index is 11.3. The molecule has 16 heavy (non-hydrogen) atoms. The summed E-state index contributed by atoms with van der Waals surface area (Å²) < 4.78 is 23.5. The van der Waals surface area contributed by atoms with Crippen LogP contribution in [0.5, 0.6) is 0 Å². The first-order valence-electron chi connectivity index (χ1n) is 5.05. The summed E-state index contributed by atoms with van der Waals surface area (Å²) in [5.41, 5.74) is 1.08. The van der Waals surface area contributed by atoms with E-state index in [9.17, 15) is 8.42 Å². The Hall–Kier alpha value is -0.620. The number of sulfone groups is 1. The number of halogens is 1. The molecule has 0 spiro atoms. The van der Waals surface area contributed by atoms with Crippen LogP contribution in [-0.2, 0) is 9.84 Å². The van der Waals surface area contributed by atoms with Crippen LogP contribution in [0.15, 0.2) is 16.7 Å². The molecular weight excluding hydrogens is 292 g/mol. The first-order chi connectivity index (χ1) is 7.48. The highest BCUT2D eigenvalue weighted by molar-refractivity contribution is 9.10. The summed E-state index contributed by atoms with van der Waals surface area (Å²) >= 11 is 3.46. The first kappa shape index (κ1) is 11.9. The quantitative estimate of drug-likeness (QED) is 0.787. The summed E-state index contributed by atoms with van der Waals surface area (Å²) in [6, 6.07) is 1.99.